The Kier molecular flexibility index (Phi) is 8.20. The zero-order valence-electron chi connectivity index (χ0n) is 11.2. The SMILES string of the molecule is CCN(CC)S(=O)(=O)NCC(N)c1ccccc1.Cl. The quantitative estimate of drug-likeness (QED) is 0.797. The van der Waals surface area contributed by atoms with Gasteiger partial charge in [-0.05, 0) is 5.56 Å². The summed E-state index contributed by atoms with van der Waals surface area (Å²) in [6, 6.07) is 9.10. The van der Waals surface area contributed by atoms with Crippen LogP contribution < -0.4 is 10.5 Å². The van der Waals surface area contributed by atoms with Crippen molar-refractivity contribution < 1.29 is 8.42 Å². The minimum absolute atomic E-state index is 0. The van der Waals surface area contributed by atoms with Crippen LogP contribution in [-0.4, -0.2) is 32.4 Å². The zero-order chi connectivity index (χ0) is 13.6. The molecule has 110 valence electrons. The van der Waals surface area contributed by atoms with Gasteiger partial charge in [0, 0.05) is 25.7 Å². The maximum absolute atomic E-state index is 11.9. The molecule has 0 aliphatic rings. The minimum Gasteiger partial charge on any atom is -0.323 e. The van der Waals surface area contributed by atoms with Gasteiger partial charge in [-0.3, -0.25) is 0 Å². The maximum atomic E-state index is 11.9. The lowest BCUT2D eigenvalue weighted by Crippen LogP contribution is -2.43. The second-order valence-corrected chi connectivity index (χ2v) is 5.71. The molecule has 7 heteroatoms. The number of nitrogens with two attached hydrogens (primary N) is 1. The van der Waals surface area contributed by atoms with Gasteiger partial charge in [-0.25, -0.2) is 4.72 Å². The lowest BCUT2D eigenvalue weighted by Gasteiger charge is -2.20. The summed E-state index contributed by atoms with van der Waals surface area (Å²) in [6.45, 7) is 4.71. The first-order valence-electron chi connectivity index (χ1n) is 6.06. The summed E-state index contributed by atoms with van der Waals surface area (Å²) in [5.41, 5.74) is 6.86. The van der Waals surface area contributed by atoms with Crippen LogP contribution in [0.15, 0.2) is 30.3 Å². The average Bonchev–Trinajstić information content (AvgIpc) is 2.38. The smallest absolute Gasteiger partial charge is 0.279 e. The van der Waals surface area contributed by atoms with Gasteiger partial charge in [-0.2, -0.15) is 12.7 Å². The van der Waals surface area contributed by atoms with Crippen molar-refractivity contribution in [3.05, 3.63) is 35.9 Å². The van der Waals surface area contributed by atoms with Gasteiger partial charge in [0.05, 0.1) is 0 Å². The summed E-state index contributed by atoms with van der Waals surface area (Å²) in [7, 11) is -3.42. The molecule has 0 aromatic heterocycles. The second kappa shape index (κ2) is 8.50. The third kappa shape index (κ3) is 5.46. The lowest BCUT2D eigenvalue weighted by molar-refractivity contribution is 0.432. The highest BCUT2D eigenvalue weighted by Crippen LogP contribution is 2.08. The van der Waals surface area contributed by atoms with Gasteiger partial charge in [-0.1, -0.05) is 44.2 Å². The molecular formula is C12H22ClN3O2S. The number of benzene rings is 1. The molecule has 1 rings (SSSR count). The maximum Gasteiger partial charge on any atom is 0.279 e. The molecule has 0 bridgehead atoms. The minimum atomic E-state index is -3.42. The molecule has 5 nitrogen and oxygen atoms in total. The van der Waals surface area contributed by atoms with Crippen molar-refractivity contribution in [1.82, 2.24) is 9.03 Å². The van der Waals surface area contributed by atoms with Crippen molar-refractivity contribution in [2.24, 2.45) is 5.73 Å². The van der Waals surface area contributed by atoms with E-state index in [1.54, 1.807) is 13.8 Å². The van der Waals surface area contributed by atoms with Crippen LogP contribution in [0.4, 0.5) is 0 Å². The Labute approximate surface area is 121 Å². The topological polar surface area (TPSA) is 75.4 Å². The average molecular weight is 308 g/mol. The molecular weight excluding hydrogens is 286 g/mol. The molecule has 1 aromatic carbocycles. The molecule has 0 fully saturated rings. The van der Waals surface area contributed by atoms with Gasteiger partial charge in [0.1, 0.15) is 0 Å². The Hall–Kier alpha value is -0.660. The predicted octanol–water partition coefficient (Wildman–Crippen LogP) is 1.28. The fourth-order valence-electron chi connectivity index (χ4n) is 1.67. The fourth-order valence-corrected chi connectivity index (χ4v) is 2.92. The van der Waals surface area contributed by atoms with E-state index in [-0.39, 0.29) is 25.0 Å². The van der Waals surface area contributed by atoms with Gasteiger partial charge >= 0.3 is 0 Å². The van der Waals surface area contributed by atoms with Crippen LogP contribution in [0.3, 0.4) is 0 Å². The Morgan fingerprint density at radius 3 is 2.21 bits per heavy atom. The Bertz CT molecular complexity index is 449. The number of rotatable bonds is 7. The summed E-state index contributed by atoms with van der Waals surface area (Å²) in [6.07, 6.45) is 0. The van der Waals surface area contributed by atoms with Crippen molar-refractivity contribution in [3.63, 3.8) is 0 Å². The van der Waals surface area contributed by atoms with Gasteiger partial charge < -0.3 is 5.73 Å². The van der Waals surface area contributed by atoms with Gasteiger partial charge in [0.2, 0.25) is 0 Å². The lowest BCUT2D eigenvalue weighted by atomic mass is 10.1. The number of hydrogen-bond acceptors (Lipinski definition) is 3. The standard InChI is InChI=1S/C12H21N3O2S.ClH/c1-3-15(4-2)18(16,17)14-10-12(13)11-8-6-5-7-9-11;/h5-9,12,14H,3-4,10,13H2,1-2H3;1H. The molecule has 3 N–H and O–H groups in total. The first-order chi connectivity index (χ1) is 8.51. The summed E-state index contributed by atoms with van der Waals surface area (Å²) >= 11 is 0. The van der Waals surface area contributed by atoms with E-state index in [1.807, 2.05) is 30.3 Å². The fraction of sp³-hybridized carbons (Fsp3) is 0.500. The molecule has 1 unspecified atom stereocenters. The molecule has 0 amide bonds. The summed E-state index contributed by atoms with van der Waals surface area (Å²) in [5.74, 6) is 0. The molecule has 0 heterocycles. The van der Waals surface area contributed by atoms with E-state index in [1.165, 1.54) is 4.31 Å². The molecule has 0 aliphatic carbocycles. The highest BCUT2D eigenvalue weighted by Gasteiger charge is 2.19. The monoisotopic (exact) mass is 307 g/mol. The van der Waals surface area contributed by atoms with Crippen LogP contribution in [0.5, 0.6) is 0 Å². The molecule has 19 heavy (non-hydrogen) atoms. The predicted molar refractivity (Wildman–Crippen MR) is 80.5 cm³/mol. The van der Waals surface area contributed by atoms with E-state index in [4.69, 9.17) is 5.73 Å². The van der Waals surface area contributed by atoms with Crippen LogP contribution in [-0.2, 0) is 10.2 Å². The highest BCUT2D eigenvalue weighted by atomic mass is 35.5. The van der Waals surface area contributed by atoms with Crippen molar-refractivity contribution in [3.8, 4) is 0 Å². The van der Waals surface area contributed by atoms with Crippen LogP contribution in [0, 0.1) is 0 Å². The van der Waals surface area contributed by atoms with Crippen molar-refractivity contribution in [1.29, 1.82) is 0 Å². The van der Waals surface area contributed by atoms with E-state index in [2.05, 4.69) is 4.72 Å². The van der Waals surface area contributed by atoms with Crippen molar-refractivity contribution in [2.45, 2.75) is 19.9 Å². The first kappa shape index (κ1) is 18.3. The Balaban J connectivity index is 0.00000324. The summed E-state index contributed by atoms with van der Waals surface area (Å²) < 4.78 is 27.7. The number of halogens is 1. The zero-order valence-corrected chi connectivity index (χ0v) is 12.9. The van der Waals surface area contributed by atoms with E-state index >= 15 is 0 Å². The van der Waals surface area contributed by atoms with Crippen LogP contribution in [0.1, 0.15) is 25.5 Å². The largest absolute Gasteiger partial charge is 0.323 e. The molecule has 1 atom stereocenters. The highest BCUT2D eigenvalue weighted by molar-refractivity contribution is 7.87. The molecule has 0 saturated heterocycles. The first-order valence-corrected chi connectivity index (χ1v) is 7.50. The number of nitrogens with one attached hydrogen (secondary N) is 1. The number of nitrogens with zero attached hydrogens (tertiary/aromatic N) is 1. The molecule has 1 aromatic rings. The Morgan fingerprint density at radius 1 is 1.21 bits per heavy atom. The summed E-state index contributed by atoms with van der Waals surface area (Å²) in [4.78, 5) is 0. The van der Waals surface area contributed by atoms with Gasteiger partial charge in [0.15, 0.2) is 0 Å². The third-order valence-corrected chi connectivity index (χ3v) is 4.49. The molecule has 0 radical (unpaired) electrons. The van der Waals surface area contributed by atoms with Gasteiger partial charge in [0.25, 0.3) is 10.2 Å². The van der Waals surface area contributed by atoms with E-state index in [9.17, 15) is 8.42 Å². The molecule has 0 saturated carbocycles. The van der Waals surface area contributed by atoms with Gasteiger partial charge in [-0.15, -0.1) is 12.4 Å². The van der Waals surface area contributed by atoms with E-state index in [0.717, 1.165) is 5.56 Å². The van der Waals surface area contributed by atoms with Crippen LogP contribution in [0.25, 0.3) is 0 Å². The van der Waals surface area contributed by atoms with Crippen molar-refractivity contribution in [2.75, 3.05) is 19.6 Å². The number of hydrogen-bond donors (Lipinski definition) is 2. The molecule has 0 aliphatic heterocycles. The third-order valence-electron chi connectivity index (χ3n) is 2.76. The summed E-state index contributed by atoms with van der Waals surface area (Å²) in [5, 5.41) is 0. The van der Waals surface area contributed by atoms with E-state index in [0.29, 0.717) is 13.1 Å². The van der Waals surface area contributed by atoms with Crippen molar-refractivity contribution >= 4 is 22.6 Å². The van der Waals surface area contributed by atoms with Crippen LogP contribution in [0.2, 0.25) is 0 Å². The second-order valence-electron chi connectivity index (χ2n) is 3.95. The van der Waals surface area contributed by atoms with E-state index < -0.39 is 10.2 Å². The molecule has 0 spiro atoms. The Morgan fingerprint density at radius 2 is 1.74 bits per heavy atom. The normalized spacial score (nSPS) is 13.1. The van der Waals surface area contributed by atoms with Crippen LogP contribution >= 0.6 is 12.4 Å².